The van der Waals surface area contributed by atoms with Crippen molar-refractivity contribution in [3.05, 3.63) is 59.7 Å². The SMILES string of the molecule is COc1ccc(C2(C)OC(=O)C(SCCSC3CC(=O)C(C)(c4ccc(OC)cc4)OC3=O)CC2=O)cc1. The number of rotatable bonds is 9. The van der Waals surface area contributed by atoms with Crippen LogP contribution in [0.4, 0.5) is 0 Å². The van der Waals surface area contributed by atoms with Crippen LogP contribution in [0, 0.1) is 0 Å². The number of hydrogen-bond donors (Lipinski definition) is 0. The van der Waals surface area contributed by atoms with E-state index in [0.717, 1.165) is 0 Å². The van der Waals surface area contributed by atoms with Gasteiger partial charge < -0.3 is 18.9 Å². The van der Waals surface area contributed by atoms with Crippen molar-refractivity contribution in [1.82, 2.24) is 0 Å². The molecule has 4 atom stereocenters. The lowest BCUT2D eigenvalue weighted by atomic mass is 9.86. The zero-order valence-electron chi connectivity index (χ0n) is 21.7. The molecule has 2 fully saturated rings. The summed E-state index contributed by atoms with van der Waals surface area (Å²) in [7, 11) is 3.11. The van der Waals surface area contributed by atoms with Gasteiger partial charge in [-0.25, -0.2) is 0 Å². The highest BCUT2D eigenvalue weighted by atomic mass is 32.2. The largest absolute Gasteiger partial charge is 0.497 e. The lowest BCUT2D eigenvalue weighted by Gasteiger charge is -2.36. The van der Waals surface area contributed by atoms with Crippen LogP contribution in [0.5, 0.6) is 11.5 Å². The molecule has 0 amide bonds. The molecule has 2 aliphatic rings. The van der Waals surface area contributed by atoms with Gasteiger partial charge >= 0.3 is 11.9 Å². The Labute approximate surface area is 230 Å². The fourth-order valence-electron chi connectivity index (χ4n) is 4.43. The van der Waals surface area contributed by atoms with Gasteiger partial charge in [0.25, 0.3) is 0 Å². The van der Waals surface area contributed by atoms with Crippen LogP contribution in [-0.4, -0.2) is 59.7 Å². The summed E-state index contributed by atoms with van der Waals surface area (Å²) < 4.78 is 21.6. The number of thioether (sulfide) groups is 2. The number of carbonyl (C=O) groups is 4. The van der Waals surface area contributed by atoms with Crippen LogP contribution < -0.4 is 9.47 Å². The van der Waals surface area contributed by atoms with Crippen LogP contribution in [0.1, 0.15) is 37.8 Å². The second kappa shape index (κ2) is 11.4. The van der Waals surface area contributed by atoms with Gasteiger partial charge in [-0.15, -0.1) is 23.5 Å². The first-order chi connectivity index (χ1) is 18.1. The number of methoxy groups -OCH3 is 2. The molecular weight excluding hydrogens is 528 g/mol. The molecule has 4 rings (SSSR count). The summed E-state index contributed by atoms with van der Waals surface area (Å²) in [6.07, 6.45) is 0.113. The molecule has 0 saturated carbocycles. The van der Waals surface area contributed by atoms with Gasteiger partial charge in [-0.2, -0.15) is 0 Å². The smallest absolute Gasteiger partial charge is 0.320 e. The van der Waals surface area contributed by atoms with E-state index in [1.807, 2.05) is 0 Å². The second-order valence-electron chi connectivity index (χ2n) is 9.34. The van der Waals surface area contributed by atoms with Gasteiger partial charge in [0.05, 0.1) is 14.2 Å². The monoisotopic (exact) mass is 558 g/mol. The number of cyclic esters (lactones) is 2. The number of esters is 2. The summed E-state index contributed by atoms with van der Waals surface area (Å²) in [6.45, 7) is 3.22. The zero-order valence-corrected chi connectivity index (χ0v) is 23.3. The molecule has 2 aromatic rings. The maximum absolute atomic E-state index is 13.0. The van der Waals surface area contributed by atoms with E-state index in [1.54, 1.807) is 76.6 Å². The number of ketones is 2. The van der Waals surface area contributed by atoms with E-state index in [2.05, 4.69) is 0 Å². The maximum Gasteiger partial charge on any atom is 0.320 e. The van der Waals surface area contributed by atoms with E-state index in [0.29, 0.717) is 34.1 Å². The van der Waals surface area contributed by atoms with Crippen molar-refractivity contribution in [3.8, 4) is 11.5 Å². The summed E-state index contributed by atoms with van der Waals surface area (Å²) in [5.74, 6) is 1.06. The minimum Gasteiger partial charge on any atom is -0.497 e. The van der Waals surface area contributed by atoms with Gasteiger partial charge in [0.1, 0.15) is 22.0 Å². The quantitative estimate of drug-likeness (QED) is 0.330. The molecule has 2 aromatic carbocycles. The lowest BCUT2D eigenvalue weighted by Crippen LogP contribution is -2.47. The van der Waals surface area contributed by atoms with Gasteiger partial charge in [-0.05, 0) is 38.1 Å². The Balaban J connectivity index is 1.28. The molecule has 0 bridgehead atoms. The van der Waals surface area contributed by atoms with Crippen LogP contribution in [0.15, 0.2) is 48.5 Å². The van der Waals surface area contributed by atoms with E-state index in [1.165, 1.54) is 23.5 Å². The van der Waals surface area contributed by atoms with Gasteiger partial charge in [0.2, 0.25) is 0 Å². The molecule has 0 N–H and O–H groups in total. The Morgan fingerprint density at radius 3 is 1.34 bits per heavy atom. The Hall–Kier alpha value is -2.98. The fraction of sp³-hybridized carbons (Fsp3) is 0.429. The molecule has 2 aliphatic heterocycles. The van der Waals surface area contributed by atoms with Crippen LogP contribution >= 0.6 is 23.5 Å². The van der Waals surface area contributed by atoms with Crippen molar-refractivity contribution in [3.63, 3.8) is 0 Å². The molecular formula is C28H30O8S2. The highest BCUT2D eigenvalue weighted by Gasteiger charge is 2.48. The van der Waals surface area contributed by atoms with E-state index in [9.17, 15) is 19.2 Å². The van der Waals surface area contributed by atoms with Crippen molar-refractivity contribution < 1.29 is 38.1 Å². The molecule has 2 heterocycles. The molecule has 10 heteroatoms. The van der Waals surface area contributed by atoms with Gasteiger partial charge in [0.15, 0.2) is 22.8 Å². The van der Waals surface area contributed by atoms with E-state index < -0.39 is 33.6 Å². The molecule has 0 aromatic heterocycles. The number of hydrogen-bond acceptors (Lipinski definition) is 10. The molecule has 0 radical (unpaired) electrons. The van der Waals surface area contributed by atoms with Crippen LogP contribution in [0.3, 0.4) is 0 Å². The Morgan fingerprint density at radius 2 is 1.03 bits per heavy atom. The summed E-state index contributed by atoms with van der Waals surface area (Å²) in [5.41, 5.74) is -1.48. The number of ether oxygens (including phenoxy) is 4. The summed E-state index contributed by atoms with van der Waals surface area (Å²) in [4.78, 5) is 51.4. The van der Waals surface area contributed by atoms with Gasteiger partial charge in [0, 0.05) is 35.5 Å². The van der Waals surface area contributed by atoms with Crippen molar-refractivity contribution >= 4 is 47.0 Å². The summed E-state index contributed by atoms with van der Waals surface area (Å²) in [6, 6.07) is 13.8. The first-order valence-electron chi connectivity index (χ1n) is 12.2. The van der Waals surface area contributed by atoms with Crippen LogP contribution in [0.25, 0.3) is 0 Å². The average molecular weight is 559 g/mol. The number of Topliss-reactive ketones (excluding diaryl/α,β-unsaturated/α-hetero) is 2. The average Bonchev–Trinajstić information content (AvgIpc) is 2.92. The van der Waals surface area contributed by atoms with Crippen LogP contribution in [-0.2, 0) is 39.9 Å². The fourth-order valence-corrected chi connectivity index (χ4v) is 6.68. The number of benzene rings is 2. The van der Waals surface area contributed by atoms with Gasteiger partial charge in [-0.1, -0.05) is 24.3 Å². The first-order valence-corrected chi connectivity index (χ1v) is 14.2. The Bertz CT molecular complexity index is 1120. The van der Waals surface area contributed by atoms with Gasteiger partial charge in [-0.3, -0.25) is 19.2 Å². The Morgan fingerprint density at radius 1 is 0.684 bits per heavy atom. The first kappa shape index (κ1) is 28.0. The molecule has 2 saturated heterocycles. The molecule has 4 unspecified atom stereocenters. The van der Waals surface area contributed by atoms with Crippen LogP contribution in [0.2, 0.25) is 0 Å². The molecule has 38 heavy (non-hydrogen) atoms. The topological polar surface area (TPSA) is 105 Å². The van der Waals surface area contributed by atoms with Crippen molar-refractivity contribution in [2.45, 2.75) is 48.4 Å². The minimum atomic E-state index is -1.34. The minimum absolute atomic E-state index is 0.0564. The predicted octanol–water partition coefficient (Wildman–Crippen LogP) is 4.07. The highest BCUT2D eigenvalue weighted by molar-refractivity contribution is 8.04. The zero-order chi connectivity index (χ0) is 27.5. The van der Waals surface area contributed by atoms with Crippen molar-refractivity contribution in [2.24, 2.45) is 0 Å². The van der Waals surface area contributed by atoms with Crippen molar-refractivity contribution in [1.29, 1.82) is 0 Å². The number of carbonyl (C=O) groups excluding carboxylic acids is 4. The summed E-state index contributed by atoms with van der Waals surface area (Å²) in [5, 5.41) is -1.24. The standard InChI is InChI=1S/C28H30O8S2/c1-27(17-5-9-19(33-3)10-6-17)23(29)15-21(25(31)35-27)37-13-14-38-22-16-24(30)28(2,36-26(22)32)18-7-11-20(34-4)12-8-18/h5-12,21-22H,13-16H2,1-4H3. The van der Waals surface area contributed by atoms with E-state index in [-0.39, 0.29) is 24.4 Å². The van der Waals surface area contributed by atoms with Crippen molar-refractivity contribution in [2.75, 3.05) is 25.7 Å². The third-order valence-corrected chi connectivity index (χ3v) is 9.61. The second-order valence-corrected chi connectivity index (χ2v) is 12.0. The maximum atomic E-state index is 13.0. The normalized spacial score (nSPS) is 27.5. The molecule has 0 spiro atoms. The predicted molar refractivity (Wildman–Crippen MR) is 145 cm³/mol. The van der Waals surface area contributed by atoms with E-state index in [4.69, 9.17) is 18.9 Å². The third kappa shape index (κ3) is 5.56. The lowest BCUT2D eigenvalue weighted by molar-refractivity contribution is -0.173. The molecule has 8 nitrogen and oxygen atoms in total. The van der Waals surface area contributed by atoms with E-state index >= 15 is 0 Å². The third-order valence-electron chi connectivity index (χ3n) is 6.94. The Kier molecular flexibility index (Phi) is 8.42. The summed E-state index contributed by atoms with van der Waals surface area (Å²) >= 11 is 2.63. The molecule has 0 aliphatic carbocycles. The molecule has 202 valence electrons. The highest BCUT2D eigenvalue weighted by Crippen LogP contribution is 2.39.